The van der Waals surface area contributed by atoms with Gasteiger partial charge in [-0.2, -0.15) is 0 Å². The van der Waals surface area contributed by atoms with Crippen LogP contribution in [-0.4, -0.2) is 5.11 Å². The molecule has 0 heterocycles. The molecule has 0 unspecified atom stereocenters. The van der Waals surface area contributed by atoms with Gasteiger partial charge in [-0.25, -0.2) is 0 Å². The fraction of sp³-hybridized carbons (Fsp3) is 0.417. The molecule has 0 saturated heterocycles. The van der Waals surface area contributed by atoms with Crippen LogP contribution in [-0.2, 0) is 6.42 Å². The zero-order valence-corrected chi connectivity index (χ0v) is 7.96. The Morgan fingerprint density at radius 3 is 2.77 bits per heavy atom. The molecule has 13 heavy (non-hydrogen) atoms. The number of aryl methyl sites for hydroxylation is 1. The van der Waals surface area contributed by atoms with Gasteiger partial charge < -0.3 is 5.11 Å². The Hall–Kier alpha value is -0.820. The topological polar surface area (TPSA) is 20.2 Å². The second-order valence-corrected chi connectivity index (χ2v) is 3.72. The van der Waals surface area contributed by atoms with Gasteiger partial charge in [-0.05, 0) is 41.9 Å². The Bertz CT molecular complexity index is 300. The van der Waals surface area contributed by atoms with Crippen molar-refractivity contribution >= 4 is 0 Å². The van der Waals surface area contributed by atoms with E-state index < -0.39 is 0 Å². The van der Waals surface area contributed by atoms with Crippen LogP contribution in [0.15, 0.2) is 18.2 Å². The fourth-order valence-corrected chi connectivity index (χ4v) is 1.79. The Kier molecular flexibility index (Phi) is 2.36. The molecule has 0 spiro atoms. The van der Waals surface area contributed by atoms with Crippen LogP contribution in [0.1, 0.15) is 42.4 Å². The van der Waals surface area contributed by atoms with Crippen LogP contribution >= 0.6 is 0 Å². The van der Waals surface area contributed by atoms with Crippen molar-refractivity contribution in [2.45, 2.75) is 32.1 Å². The highest BCUT2D eigenvalue weighted by molar-refractivity contribution is 5.38. The molecule has 0 atom stereocenters. The van der Waals surface area contributed by atoms with E-state index in [4.69, 9.17) is 5.11 Å². The van der Waals surface area contributed by atoms with E-state index in [0.717, 1.165) is 17.9 Å². The molecule has 2 rings (SSSR count). The molecule has 1 aromatic rings. The lowest BCUT2D eigenvalue weighted by molar-refractivity contribution is 0.415. The van der Waals surface area contributed by atoms with Crippen LogP contribution in [0.3, 0.4) is 0 Å². The summed E-state index contributed by atoms with van der Waals surface area (Å²) >= 11 is 0. The molecule has 0 bridgehead atoms. The smallest absolute Gasteiger partial charge is 0.109 e. The van der Waals surface area contributed by atoms with E-state index in [2.05, 4.69) is 19.1 Å². The van der Waals surface area contributed by atoms with Gasteiger partial charge in [0.15, 0.2) is 0 Å². The molecule has 1 heteroatoms. The van der Waals surface area contributed by atoms with E-state index in [1.165, 1.54) is 30.6 Å². The van der Waals surface area contributed by atoms with Gasteiger partial charge in [0, 0.05) is 0 Å². The van der Waals surface area contributed by atoms with Crippen molar-refractivity contribution in [3.05, 3.63) is 41.5 Å². The predicted octanol–water partition coefficient (Wildman–Crippen LogP) is 3.01. The number of aliphatic hydroxyl groups excluding tert-OH is 1. The lowest BCUT2D eigenvalue weighted by Gasteiger charge is -2.07. The molecular formula is C12H15O. The minimum atomic E-state index is 0.773. The monoisotopic (exact) mass is 175 g/mol. The summed E-state index contributed by atoms with van der Waals surface area (Å²) in [5, 5.41) is 8.90. The molecule has 69 valence electrons. The molecular weight excluding hydrogens is 160 g/mol. The normalized spacial score (nSPS) is 16.2. The lowest BCUT2D eigenvalue weighted by atomic mass is 9.99. The van der Waals surface area contributed by atoms with Gasteiger partial charge in [0.25, 0.3) is 0 Å². The molecule has 0 amide bonds. The van der Waals surface area contributed by atoms with Gasteiger partial charge in [0.1, 0.15) is 6.61 Å². The summed E-state index contributed by atoms with van der Waals surface area (Å²) in [5.74, 6) is 0.773. The second kappa shape index (κ2) is 3.51. The predicted molar refractivity (Wildman–Crippen MR) is 53.1 cm³/mol. The Balaban J connectivity index is 2.35. The first kappa shape index (κ1) is 8.76. The summed E-state index contributed by atoms with van der Waals surface area (Å²) in [6.07, 6.45) is 3.74. The lowest BCUT2D eigenvalue weighted by Crippen LogP contribution is -1.92. The van der Waals surface area contributed by atoms with E-state index in [0.29, 0.717) is 0 Å². The van der Waals surface area contributed by atoms with Gasteiger partial charge in [0.05, 0.1) is 0 Å². The summed E-state index contributed by atoms with van der Waals surface area (Å²) in [6, 6.07) is 6.23. The average molecular weight is 175 g/mol. The molecule has 1 N–H and O–H groups in total. The van der Waals surface area contributed by atoms with Crippen LogP contribution in [0.25, 0.3) is 0 Å². The van der Waals surface area contributed by atoms with Crippen molar-refractivity contribution in [2.75, 3.05) is 0 Å². The highest BCUT2D eigenvalue weighted by Crippen LogP contribution is 2.42. The first-order valence-electron chi connectivity index (χ1n) is 4.95. The number of rotatable bonds is 3. The highest BCUT2D eigenvalue weighted by Gasteiger charge is 2.25. The highest BCUT2D eigenvalue weighted by atomic mass is 16.3. The Labute approximate surface area is 79.4 Å². The van der Waals surface area contributed by atoms with Crippen LogP contribution in [0.2, 0.25) is 0 Å². The summed E-state index contributed by atoms with van der Waals surface area (Å²) in [7, 11) is 0. The van der Waals surface area contributed by atoms with Gasteiger partial charge in [-0.15, -0.1) is 0 Å². The second-order valence-electron chi connectivity index (χ2n) is 3.72. The van der Waals surface area contributed by atoms with Crippen LogP contribution in [0.4, 0.5) is 0 Å². The van der Waals surface area contributed by atoms with Crippen LogP contribution < -0.4 is 0 Å². The van der Waals surface area contributed by atoms with E-state index in [9.17, 15) is 0 Å². The maximum absolute atomic E-state index is 8.90. The molecule has 1 fully saturated rings. The largest absolute Gasteiger partial charge is 0.385 e. The summed E-state index contributed by atoms with van der Waals surface area (Å²) in [6.45, 7) is 3.37. The van der Waals surface area contributed by atoms with Crippen molar-refractivity contribution in [1.82, 2.24) is 0 Å². The van der Waals surface area contributed by atoms with E-state index in [1.807, 2.05) is 6.07 Å². The molecule has 1 aromatic carbocycles. The standard InChI is InChI=1S/C12H15O/c1-2-10-4-3-9(8-13)7-12(10)11-5-6-11/h3-4,7-8,11,13H,2,5-6H2,1H3. The third kappa shape index (κ3) is 1.75. The summed E-state index contributed by atoms with van der Waals surface area (Å²) in [5.41, 5.74) is 3.82. The molecule has 1 radical (unpaired) electrons. The van der Waals surface area contributed by atoms with Crippen LogP contribution in [0.5, 0.6) is 0 Å². The third-order valence-electron chi connectivity index (χ3n) is 2.72. The third-order valence-corrected chi connectivity index (χ3v) is 2.72. The minimum absolute atomic E-state index is 0.773. The van der Waals surface area contributed by atoms with E-state index in [1.54, 1.807) is 0 Å². The van der Waals surface area contributed by atoms with Crippen molar-refractivity contribution in [2.24, 2.45) is 0 Å². The maximum Gasteiger partial charge on any atom is 0.109 e. The first-order chi connectivity index (χ1) is 6.35. The number of benzene rings is 1. The van der Waals surface area contributed by atoms with Crippen molar-refractivity contribution in [3.63, 3.8) is 0 Å². The van der Waals surface area contributed by atoms with Crippen molar-refractivity contribution in [1.29, 1.82) is 0 Å². The maximum atomic E-state index is 8.90. The summed E-state index contributed by atoms with van der Waals surface area (Å²) in [4.78, 5) is 0. The molecule has 1 nitrogen and oxygen atoms in total. The van der Waals surface area contributed by atoms with Crippen molar-refractivity contribution < 1.29 is 5.11 Å². The summed E-state index contributed by atoms with van der Waals surface area (Å²) < 4.78 is 0. The Morgan fingerprint density at radius 1 is 1.46 bits per heavy atom. The first-order valence-corrected chi connectivity index (χ1v) is 4.95. The molecule has 0 aromatic heterocycles. The van der Waals surface area contributed by atoms with Crippen molar-refractivity contribution in [3.8, 4) is 0 Å². The quantitative estimate of drug-likeness (QED) is 0.748. The Morgan fingerprint density at radius 2 is 2.23 bits per heavy atom. The zero-order chi connectivity index (χ0) is 9.26. The molecule has 1 saturated carbocycles. The molecule has 1 aliphatic carbocycles. The average Bonchev–Trinajstić information content (AvgIpc) is 3.00. The fourth-order valence-electron chi connectivity index (χ4n) is 1.79. The number of hydrogen-bond acceptors (Lipinski definition) is 1. The molecule has 0 aliphatic heterocycles. The SMILES string of the molecule is CCc1ccc([CH]O)cc1C1CC1. The van der Waals surface area contributed by atoms with E-state index >= 15 is 0 Å². The van der Waals surface area contributed by atoms with Crippen LogP contribution in [0, 0.1) is 6.61 Å². The number of hydrogen-bond donors (Lipinski definition) is 1. The van der Waals surface area contributed by atoms with Gasteiger partial charge in [-0.1, -0.05) is 25.1 Å². The van der Waals surface area contributed by atoms with Gasteiger partial charge in [0.2, 0.25) is 0 Å². The minimum Gasteiger partial charge on any atom is -0.385 e. The molecule has 1 aliphatic rings. The van der Waals surface area contributed by atoms with E-state index in [-0.39, 0.29) is 0 Å². The van der Waals surface area contributed by atoms with Gasteiger partial charge in [-0.3, -0.25) is 0 Å². The number of aliphatic hydroxyl groups is 1. The van der Waals surface area contributed by atoms with Gasteiger partial charge >= 0.3 is 0 Å². The zero-order valence-electron chi connectivity index (χ0n) is 7.96.